The maximum absolute atomic E-state index is 13.5. The Balaban J connectivity index is 2.36. The first-order valence-corrected chi connectivity index (χ1v) is 13.1. The maximum Gasteiger partial charge on any atom is 0.244 e. The highest BCUT2D eigenvalue weighted by atomic mass is 32.2. The molecule has 1 N–H and O–H groups in total. The lowest BCUT2D eigenvalue weighted by molar-refractivity contribution is -0.139. The smallest absolute Gasteiger partial charge is 0.244 e. The van der Waals surface area contributed by atoms with Gasteiger partial charge in [-0.3, -0.25) is 13.9 Å². The molecule has 0 aliphatic carbocycles. The Bertz CT molecular complexity index is 1050. The normalized spacial score (nSPS) is 12.2. The third-order valence-electron chi connectivity index (χ3n) is 5.51. The number of hydrogen-bond acceptors (Lipinski definition) is 4. The van der Waals surface area contributed by atoms with Gasteiger partial charge < -0.3 is 10.2 Å². The number of sulfonamides is 1. The molecule has 2 rings (SSSR count). The van der Waals surface area contributed by atoms with Crippen LogP contribution in [0.15, 0.2) is 48.5 Å². The van der Waals surface area contributed by atoms with E-state index >= 15 is 0 Å². The van der Waals surface area contributed by atoms with Gasteiger partial charge in [0.25, 0.3) is 0 Å². The molecule has 8 heteroatoms. The second-order valence-electron chi connectivity index (χ2n) is 8.39. The zero-order valence-corrected chi connectivity index (χ0v) is 21.0. The van der Waals surface area contributed by atoms with Crippen molar-refractivity contribution in [3.05, 3.63) is 65.2 Å². The molecule has 2 aromatic carbocycles. The summed E-state index contributed by atoms with van der Waals surface area (Å²) in [6, 6.07) is 14.1. The molecule has 0 aliphatic heterocycles. The Morgan fingerprint density at radius 3 is 2.33 bits per heavy atom. The fraction of sp³-hybridized carbons (Fsp3) is 0.440. The number of carbonyl (C=O) groups is 2. The fourth-order valence-corrected chi connectivity index (χ4v) is 4.38. The number of benzene rings is 2. The minimum Gasteiger partial charge on any atom is -0.354 e. The number of hydrogen-bond donors (Lipinski definition) is 1. The lowest BCUT2D eigenvalue weighted by atomic mass is 10.1. The summed E-state index contributed by atoms with van der Waals surface area (Å²) in [5.74, 6) is -0.700. The van der Waals surface area contributed by atoms with Gasteiger partial charge >= 0.3 is 0 Å². The summed E-state index contributed by atoms with van der Waals surface area (Å²) in [5, 5.41) is 2.87. The van der Waals surface area contributed by atoms with Gasteiger partial charge in [0, 0.05) is 13.1 Å². The summed E-state index contributed by atoms with van der Waals surface area (Å²) in [6.07, 6.45) is 2.88. The van der Waals surface area contributed by atoms with Crippen LogP contribution < -0.4 is 9.62 Å². The molecule has 7 nitrogen and oxygen atoms in total. The van der Waals surface area contributed by atoms with Crippen LogP contribution in [0.5, 0.6) is 0 Å². The number of aryl methyl sites for hydroxylation is 2. The van der Waals surface area contributed by atoms with Gasteiger partial charge in [-0.25, -0.2) is 8.42 Å². The fourth-order valence-electron chi connectivity index (χ4n) is 3.48. The summed E-state index contributed by atoms with van der Waals surface area (Å²) in [6.45, 7) is 7.73. The van der Waals surface area contributed by atoms with Crippen molar-refractivity contribution in [2.45, 2.75) is 53.1 Å². The van der Waals surface area contributed by atoms with E-state index in [0.717, 1.165) is 40.1 Å². The van der Waals surface area contributed by atoms with E-state index in [4.69, 9.17) is 0 Å². The Morgan fingerprint density at radius 2 is 1.73 bits per heavy atom. The quantitative estimate of drug-likeness (QED) is 0.507. The summed E-state index contributed by atoms with van der Waals surface area (Å²) in [7, 11) is -3.74. The Morgan fingerprint density at radius 1 is 1.06 bits per heavy atom. The van der Waals surface area contributed by atoms with E-state index in [-0.39, 0.29) is 19.0 Å². The summed E-state index contributed by atoms with van der Waals surface area (Å²) in [4.78, 5) is 27.7. The van der Waals surface area contributed by atoms with Crippen LogP contribution in [0.25, 0.3) is 0 Å². The van der Waals surface area contributed by atoms with E-state index in [1.54, 1.807) is 13.0 Å². The van der Waals surface area contributed by atoms with Gasteiger partial charge in [-0.15, -0.1) is 0 Å². The van der Waals surface area contributed by atoms with Gasteiger partial charge in [0.2, 0.25) is 21.8 Å². The molecule has 0 aliphatic rings. The molecule has 0 unspecified atom stereocenters. The first-order chi connectivity index (χ1) is 15.5. The second kappa shape index (κ2) is 11.8. The molecule has 0 radical (unpaired) electrons. The van der Waals surface area contributed by atoms with Gasteiger partial charge in [-0.05, 0) is 49.9 Å². The van der Waals surface area contributed by atoms with Crippen LogP contribution in [0.3, 0.4) is 0 Å². The minimum absolute atomic E-state index is 0.201. The molecule has 180 valence electrons. The second-order valence-corrected chi connectivity index (χ2v) is 10.3. The zero-order chi connectivity index (χ0) is 24.6. The number of anilines is 1. The molecular formula is C25H35N3O4S. The number of unbranched alkanes of at least 4 members (excludes halogenated alkanes) is 1. The Labute approximate surface area is 197 Å². The first kappa shape index (κ1) is 26.4. The van der Waals surface area contributed by atoms with Crippen molar-refractivity contribution in [1.82, 2.24) is 10.2 Å². The van der Waals surface area contributed by atoms with E-state index in [2.05, 4.69) is 5.32 Å². The SMILES string of the molecule is CCCCNC(=O)[C@H](C)N(Cc1ccccc1)C(=O)CN(c1cc(C)ccc1C)S(C)(=O)=O. The monoisotopic (exact) mass is 473 g/mol. The van der Waals surface area contributed by atoms with Crippen molar-refractivity contribution in [3.63, 3.8) is 0 Å². The Hall–Kier alpha value is -2.87. The summed E-state index contributed by atoms with van der Waals surface area (Å²) >= 11 is 0. The van der Waals surface area contributed by atoms with Crippen molar-refractivity contribution < 1.29 is 18.0 Å². The predicted molar refractivity (Wildman–Crippen MR) is 132 cm³/mol. The summed E-state index contributed by atoms with van der Waals surface area (Å²) in [5.41, 5.74) is 2.96. The highest BCUT2D eigenvalue weighted by molar-refractivity contribution is 7.92. The van der Waals surface area contributed by atoms with Crippen LogP contribution in [-0.4, -0.2) is 50.5 Å². The molecule has 33 heavy (non-hydrogen) atoms. The number of rotatable bonds is 11. The van der Waals surface area contributed by atoms with Crippen LogP contribution in [0, 0.1) is 13.8 Å². The molecule has 2 aromatic rings. The third kappa shape index (κ3) is 7.60. The van der Waals surface area contributed by atoms with E-state index < -0.39 is 22.0 Å². The third-order valence-corrected chi connectivity index (χ3v) is 6.63. The van der Waals surface area contributed by atoms with Crippen molar-refractivity contribution in [2.75, 3.05) is 23.7 Å². The highest BCUT2D eigenvalue weighted by Crippen LogP contribution is 2.24. The molecular weight excluding hydrogens is 438 g/mol. The summed E-state index contributed by atoms with van der Waals surface area (Å²) < 4.78 is 26.5. The minimum atomic E-state index is -3.74. The largest absolute Gasteiger partial charge is 0.354 e. The van der Waals surface area contributed by atoms with Crippen molar-refractivity contribution in [2.24, 2.45) is 0 Å². The lowest BCUT2D eigenvalue weighted by Gasteiger charge is -2.32. The number of carbonyl (C=O) groups excluding carboxylic acids is 2. The number of nitrogens with zero attached hydrogens (tertiary/aromatic N) is 2. The predicted octanol–water partition coefficient (Wildman–Crippen LogP) is 3.40. The molecule has 0 saturated carbocycles. The van der Waals surface area contributed by atoms with Gasteiger partial charge in [0.15, 0.2) is 0 Å². The van der Waals surface area contributed by atoms with Crippen LogP contribution in [-0.2, 0) is 26.2 Å². The van der Waals surface area contributed by atoms with E-state index in [0.29, 0.717) is 12.2 Å². The van der Waals surface area contributed by atoms with Gasteiger partial charge in [-0.2, -0.15) is 0 Å². The van der Waals surface area contributed by atoms with Crippen molar-refractivity contribution >= 4 is 27.5 Å². The van der Waals surface area contributed by atoms with E-state index in [1.807, 2.05) is 63.2 Å². The van der Waals surface area contributed by atoms with Crippen molar-refractivity contribution in [3.8, 4) is 0 Å². The van der Waals surface area contributed by atoms with Crippen LogP contribution in [0.4, 0.5) is 5.69 Å². The lowest BCUT2D eigenvalue weighted by Crippen LogP contribution is -2.51. The van der Waals surface area contributed by atoms with Gasteiger partial charge in [0.05, 0.1) is 11.9 Å². The average Bonchev–Trinajstić information content (AvgIpc) is 2.77. The van der Waals surface area contributed by atoms with E-state index in [9.17, 15) is 18.0 Å². The molecule has 0 fully saturated rings. The zero-order valence-electron chi connectivity index (χ0n) is 20.2. The van der Waals surface area contributed by atoms with Crippen molar-refractivity contribution in [1.29, 1.82) is 0 Å². The topological polar surface area (TPSA) is 86.8 Å². The molecule has 0 aromatic heterocycles. The molecule has 0 saturated heterocycles. The number of nitrogens with one attached hydrogen (secondary N) is 1. The highest BCUT2D eigenvalue weighted by Gasteiger charge is 2.30. The van der Waals surface area contributed by atoms with Gasteiger partial charge in [0.1, 0.15) is 12.6 Å². The Kier molecular flexibility index (Phi) is 9.46. The molecule has 1 atom stereocenters. The van der Waals surface area contributed by atoms with Crippen LogP contribution >= 0.6 is 0 Å². The molecule has 2 amide bonds. The molecule has 0 heterocycles. The van der Waals surface area contributed by atoms with Crippen LogP contribution in [0.1, 0.15) is 43.4 Å². The standard InChI is InChI=1S/C25H35N3O4S/c1-6-7-15-26-25(30)21(4)27(17-22-11-9-8-10-12-22)24(29)18-28(33(5,31)32)23-16-19(2)13-14-20(23)3/h8-14,16,21H,6-7,15,17-18H2,1-5H3,(H,26,30)/t21-/m0/s1. The number of amides is 2. The van der Waals surface area contributed by atoms with Crippen LogP contribution in [0.2, 0.25) is 0 Å². The van der Waals surface area contributed by atoms with Gasteiger partial charge in [-0.1, -0.05) is 55.8 Å². The first-order valence-electron chi connectivity index (χ1n) is 11.2. The maximum atomic E-state index is 13.5. The molecule has 0 spiro atoms. The molecule has 0 bridgehead atoms. The average molecular weight is 474 g/mol. The van der Waals surface area contributed by atoms with E-state index in [1.165, 1.54) is 4.90 Å².